The minimum atomic E-state index is -0.397. The third kappa shape index (κ3) is 3.39. The second-order valence-electron chi connectivity index (χ2n) is 7.37. The van der Waals surface area contributed by atoms with Crippen LogP contribution < -0.4 is 4.74 Å². The van der Waals surface area contributed by atoms with Gasteiger partial charge in [0.1, 0.15) is 11.8 Å². The number of hydrogen-bond donors (Lipinski definition) is 0. The topological polar surface area (TPSA) is 47.4 Å². The number of amides is 1. The second kappa shape index (κ2) is 7.80. The van der Waals surface area contributed by atoms with E-state index in [1.807, 2.05) is 39.9 Å². The van der Waals surface area contributed by atoms with Crippen LogP contribution in [0.5, 0.6) is 5.75 Å². The highest BCUT2D eigenvalue weighted by Crippen LogP contribution is 2.31. The maximum Gasteiger partial charge on any atom is 0.250 e. The van der Waals surface area contributed by atoms with Crippen LogP contribution in [0.25, 0.3) is 11.1 Å². The Bertz CT molecular complexity index is 1150. The molecule has 1 unspecified atom stereocenters. The molecule has 5 rings (SSSR count). The molecule has 3 heterocycles. The van der Waals surface area contributed by atoms with Gasteiger partial charge in [0, 0.05) is 12.7 Å². The van der Waals surface area contributed by atoms with Crippen molar-refractivity contribution in [3.63, 3.8) is 0 Å². The zero-order valence-corrected chi connectivity index (χ0v) is 17.4. The summed E-state index contributed by atoms with van der Waals surface area (Å²) in [5, 5.41) is 4.20. The number of aromatic nitrogens is 2. The molecular formula is C24H21N3O2S. The van der Waals surface area contributed by atoms with Gasteiger partial charge in [-0.1, -0.05) is 36.4 Å². The number of carbonyl (C=O) groups is 1. The van der Waals surface area contributed by atoms with E-state index < -0.39 is 6.04 Å². The molecule has 1 amide bonds. The lowest BCUT2D eigenvalue weighted by Crippen LogP contribution is -2.42. The first kappa shape index (κ1) is 18.6. The van der Waals surface area contributed by atoms with E-state index in [2.05, 4.69) is 46.1 Å². The molecule has 0 radical (unpaired) electrons. The van der Waals surface area contributed by atoms with E-state index in [4.69, 9.17) is 4.74 Å². The lowest BCUT2D eigenvalue weighted by atomic mass is 9.99. The van der Waals surface area contributed by atoms with Gasteiger partial charge in [-0.3, -0.25) is 4.79 Å². The van der Waals surface area contributed by atoms with Crippen molar-refractivity contribution < 1.29 is 9.53 Å². The van der Waals surface area contributed by atoms with Crippen LogP contribution in [0.2, 0.25) is 0 Å². The van der Waals surface area contributed by atoms with E-state index in [0.717, 1.165) is 28.1 Å². The predicted molar refractivity (Wildman–Crippen MR) is 117 cm³/mol. The molecule has 30 heavy (non-hydrogen) atoms. The van der Waals surface area contributed by atoms with Crippen LogP contribution in [0.4, 0.5) is 0 Å². The van der Waals surface area contributed by atoms with Gasteiger partial charge in [-0.25, -0.2) is 4.98 Å². The fourth-order valence-electron chi connectivity index (χ4n) is 3.93. The fraction of sp³-hybridized carbons (Fsp3) is 0.167. The average molecular weight is 416 g/mol. The number of rotatable bonds is 5. The van der Waals surface area contributed by atoms with Crippen LogP contribution in [0, 0.1) is 0 Å². The van der Waals surface area contributed by atoms with Gasteiger partial charge in [0.2, 0.25) is 0 Å². The first-order valence-corrected chi connectivity index (χ1v) is 10.7. The molecule has 0 saturated heterocycles. The van der Waals surface area contributed by atoms with Crippen molar-refractivity contribution >= 4 is 17.2 Å². The van der Waals surface area contributed by atoms with Gasteiger partial charge < -0.3 is 14.2 Å². The van der Waals surface area contributed by atoms with Gasteiger partial charge in [-0.15, -0.1) is 0 Å². The molecule has 1 atom stereocenters. The van der Waals surface area contributed by atoms with E-state index in [1.165, 1.54) is 5.56 Å². The summed E-state index contributed by atoms with van der Waals surface area (Å²) < 4.78 is 7.23. The summed E-state index contributed by atoms with van der Waals surface area (Å²) in [6.45, 7) is 1.10. The number of hydrogen-bond acceptors (Lipinski definition) is 4. The quantitative estimate of drug-likeness (QED) is 0.473. The van der Waals surface area contributed by atoms with Crippen molar-refractivity contribution in [2.24, 2.45) is 0 Å². The monoisotopic (exact) mass is 415 g/mol. The van der Waals surface area contributed by atoms with Crippen LogP contribution in [0.1, 0.15) is 22.9 Å². The number of ether oxygens (including phenoxy) is 1. The summed E-state index contributed by atoms with van der Waals surface area (Å²) >= 11 is 1.68. The van der Waals surface area contributed by atoms with Crippen molar-refractivity contribution in [3.05, 3.63) is 94.7 Å². The molecular weight excluding hydrogens is 394 g/mol. The van der Waals surface area contributed by atoms with Gasteiger partial charge in [-0.2, -0.15) is 11.3 Å². The number of benzene rings is 2. The SMILES string of the molecule is COc1ccc(CN2Cc3cncn3C(c3ccc(-c4ccsc4)cc3)C2=O)cc1. The zero-order chi connectivity index (χ0) is 20.5. The van der Waals surface area contributed by atoms with E-state index in [-0.39, 0.29) is 5.91 Å². The Hall–Kier alpha value is -3.38. The Balaban J connectivity index is 1.44. The lowest BCUT2D eigenvalue weighted by Gasteiger charge is -2.34. The molecule has 4 aromatic rings. The molecule has 1 aliphatic rings. The third-order valence-corrected chi connectivity index (χ3v) is 6.22. The predicted octanol–water partition coefficient (Wildman–Crippen LogP) is 4.75. The van der Waals surface area contributed by atoms with E-state index in [0.29, 0.717) is 13.1 Å². The minimum absolute atomic E-state index is 0.0830. The number of imidazole rings is 1. The highest BCUT2D eigenvalue weighted by molar-refractivity contribution is 7.08. The number of thiophene rings is 1. The van der Waals surface area contributed by atoms with Crippen LogP contribution in [-0.4, -0.2) is 27.5 Å². The summed E-state index contributed by atoms with van der Waals surface area (Å²) in [7, 11) is 1.65. The van der Waals surface area contributed by atoms with Crippen LogP contribution in [-0.2, 0) is 17.9 Å². The van der Waals surface area contributed by atoms with E-state index >= 15 is 0 Å². The molecule has 0 N–H and O–H groups in total. The van der Waals surface area contributed by atoms with Crippen molar-refractivity contribution in [1.29, 1.82) is 0 Å². The first-order valence-electron chi connectivity index (χ1n) is 9.78. The standard InChI is InChI=1S/C24H21N3O2S/c1-29-22-8-2-17(3-9-22)13-26-14-21-12-25-16-27(21)23(24(26)28)19-6-4-18(5-7-19)20-10-11-30-15-20/h2-12,15-16,23H,13-14H2,1H3. The Kier molecular flexibility index (Phi) is 4.85. The van der Waals surface area contributed by atoms with Crippen molar-refractivity contribution in [2.75, 3.05) is 7.11 Å². The molecule has 0 saturated carbocycles. The minimum Gasteiger partial charge on any atom is -0.497 e. The molecule has 2 aromatic heterocycles. The zero-order valence-electron chi connectivity index (χ0n) is 16.6. The second-order valence-corrected chi connectivity index (χ2v) is 8.15. The molecule has 1 aliphatic heterocycles. The van der Waals surface area contributed by atoms with Gasteiger partial charge >= 0.3 is 0 Å². The van der Waals surface area contributed by atoms with Crippen LogP contribution >= 0.6 is 11.3 Å². The summed E-state index contributed by atoms with van der Waals surface area (Å²) in [6, 6.07) is 17.8. The maximum atomic E-state index is 13.5. The summed E-state index contributed by atoms with van der Waals surface area (Å²) in [5.41, 5.74) is 5.44. The molecule has 0 fully saturated rings. The maximum absolute atomic E-state index is 13.5. The van der Waals surface area contributed by atoms with Gasteiger partial charge in [0.25, 0.3) is 5.91 Å². The highest BCUT2D eigenvalue weighted by Gasteiger charge is 2.34. The number of fused-ring (bicyclic) bond motifs is 1. The molecule has 5 nitrogen and oxygen atoms in total. The molecule has 150 valence electrons. The van der Waals surface area contributed by atoms with Crippen molar-refractivity contribution in [3.8, 4) is 16.9 Å². The normalized spacial score (nSPS) is 15.8. The Morgan fingerprint density at radius 2 is 1.87 bits per heavy atom. The largest absolute Gasteiger partial charge is 0.497 e. The number of nitrogens with zero attached hydrogens (tertiary/aromatic N) is 3. The Labute approximate surface area is 179 Å². The Morgan fingerprint density at radius 1 is 1.07 bits per heavy atom. The van der Waals surface area contributed by atoms with Gasteiger partial charge in [0.05, 0.1) is 25.7 Å². The Morgan fingerprint density at radius 3 is 2.57 bits per heavy atom. The van der Waals surface area contributed by atoms with E-state index in [1.54, 1.807) is 24.8 Å². The molecule has 2 aromatic carbocycles. The fourth-order valence-corrected chi connectivity index (χ4v) is 4.59. The van der Waals surface area contributed by atoms with Gasteiger partial charge in [-0.05, 0) is 51.2 Å². The van der Waals surface area contributed by atoms with E-state index in [9.17, 15) is 4.79 Å². The van der Waals surface area contributed by atoms with Crippen LogP contribution in [0.3, 0.4) is 0 Å². The molecule has 0 spiro atoms. The number of carbonyl (C=O) groups excluding carboxylic acids is 1. The molecule has 6 heteroatoms. The highest BCUT2D eigenvalue weighted by atomic mass is 32.1. The first-order chi connectivity index (χ1) is 14.7. The van der Waals surface area contributed by atoms with Crippen molar-refractivity contribution in [2.45, 2.75) is 19.1 Å². The smallest absolute Gasteiger partial charge is 0.250 e. The van der Waals surface area contributed by atoms with Crippen LogP contribution in [0.15, 0.2) is 77.9 Å². The number of methoxy groups -OCH3 is 1. The third-order valence-electron chi connectivity index (χ3n) is 5.54. The van der Waals surface area contributed by atoms with Crippen molar-refractivity contribution in [1.82, 2.24) is 14.5 Å². The summed E-state index contributed by atoms with van der Waals surface area (Å²) in [4.78, 5) is 19.7. The van der Waals surface area contributed by atoms with Gasteiger partial charge in [0.15, 0.2) is 0 Å². The summed E-state index contributed by atoms with van der Waals surface area (Å²) in [5.74, 6) is 0.894. The summed E-state index contributed by atoms with van der Waals surface area (Å²) in [6.07, 6.45) is 3.61. The molecule has 0 bridgehead atoms. The lowest BCUT2D eigenvalue weighted by molar-refractivity contribution is -0.136. The average Bonchev–Trinajstić information content (AvgIpc) is 3.47. The molecule has 0 aliphatic carbocycles.